The van der Waals surface area contributed by atoms with Crippen LogP contribution in [0.5, 0.6) is 0 Å². The lowest BCUT2D eigenvalue weighted by molar-refractivity contribution is -0.384. The molecule has 0 aliphatic heterocycles. The van der Waals surface area contributed by atoms with Crippen LogP contribution in [0.4, 0.5) is 11.4 Å². The van der Waals surface area contributed by atoms with Gasteiger partial charge >= 0.3 is 0 Å². The van der Waals surface area contributed by atoms with E-state index in [4.69, 9.17) is 5.11 Å². The molecule has 0 unspecified atom stereocenters. The molecule has 5 nitrogen and oxygen atoms in total. The first kappa shape index (κ1) is 13.4. The number of benzene rings is 1. The van der Waals surface area contributed by atoms with E-state index in [1.54, 1.807) is 25.1 Å². The fourth-order valence-electron chi connectivity index (χ4n) is 1.88. The zero-order valence-electron chi connectivity index (χ0n) is 10.4. The van der Waals surface area contributed by atoms with E-state index in [1.807, 2.05) is 18.7 Å². The van der Waals surface area contributed by atoms with Gasteiger partial charge in [0.05, 0.1) is 11.5 Å². The monoisotopic (exact) mass is 238 g/mol. The smallest absolute Gasteiger partial charge is 0.295 e. The minimum Gasteiger partial charge on any atom is -0.395 e. The highest BCUT2D eigenvalue weighted by atomic mass is 16.6. The van der Waals surface area contributed by atoms with Gasteiger partial charge in [0, 0.05) is 18.2 Å². The molecular formula is C12H18N2O3. The second-order valence-electron chi connectivity index (χ2n) is 4.21. The molecule has 17 heavy (non-hydrogen) atoms. The lowest BCUT2D eigenvalue weighted by atomic mass is 10.1. The zero-order valence-corrected chi connectivity index (χ0v) is 10.4. The topological polar surface area (TPSA) is 66.6 Å². The van der Waals surface area contributed by atoms with Crippen LogP contribution in [0.3, 0.4) is 0 Å². The first-order chi connectivity index (χ1) is 7.99. The molecule has 94 valence electrons. The Labute approximate surface area is 101 Å². The normalized spacial score (nSPS) is 10.6. The van der Waals surface area contributed by atoms with Crippen molar-refractivity contribution < 1.29 is 10.0 Å². The Morgan fingerprint density at radius 1 is 1.47 bits per heavy atom. The fraction of sp³-hybridized carbons (Fsp3) is 0.500. The molecule has 5 heteroatoms. The predicted molar refractivity (Wildman–Crippen MR) is 67.4 cm³/mol. The van der Waals surface area contributed by atoms with Crippen molar-refractivity contribution in [2.45, 2.75) is 26.8 Å². The van der Waals surface area contributed by atoms with E-state index in [2.05, 4.69) is 0 Å². The number of aliphatic hydroxyl groups excluding tert-OH is 1. The summed E-state index contributed by atoms with van der Waals surface area (Å²) in [5, 5.41) is 20.1. The van der Waals surface area contributed by atoms with E-state index in [0.717, 1.165) is 0 Å². The van der Waals surface area contributed by atoms with Crippen LogP contribution in [0.15, 0.2) is 18.2 Å². The number of nitrogens with zero attached hydrogens (tertiary/aromatic N) is 2. The summed E-state index contributed by atoms with van der Waals surface area (Å²) in [6.45, 7) is 5.98. The van der Waals surface area contributed by atoms with Crippen molar-refractivity contribution in [1.82, 2.24) is 0 Å². The number of nitro benzene ring substituents is 1. The van der Waals surface area contributed by atoms with Crippen molar-refractivity contribution in [3.8, 4) is 0 Å². The second-order valence-corrected chi connectivity index (χ2v) is 4.21. The third kappa shape index (κ3) is 2.94. The molecule has 1 aromatic rings. The molecule has 0 saturated carbocycles. The minimum atomic E-state index is -0.364. The summed E-state index contributed by atoms with van der Waals surface area (Å²) in [4.78, 5) is 12.6. The summed E-state index contributed by atoms with van der Waals surface area (Å²) >= 11 is 0. The molecule has 0 aromatic heterocycles. The van der Waals surface area contributed by atoms with Gasteiger partial charge in [-0.3, -0.25) is 10.1 Å². The van der Waals surface area contributed by atoms with Crippen molar-refractivity contribution in [1.29, 1.82) is 0 Å². The van der Waals surface area contributed by atoms with E-state index >= 15 is 0 Å². The van der Waals surface area contributed by atoms with Crippen molar-refractivity contribution in [2.24, 2.45) is 0 Å². The molecule has 1 aromatic carbocycles. The van der Waals surface area contributed by atoms with Crippen LogP contribution in [-0.2, 0) is 0 Å². The van der Waals surface area contributed by atoms with Gasteiger partial charge in [-0.1, -0.05) is 12.1 Å². The maximum Gasteiger partial charge on any atom is 0.295 e. The van der Waals surface area contributed by atoms with E-state index in [1.165, 1.54) is 0 Å². The molecule has 1 rings (SSSR count). The molecule has 0 spiro atoms. The van der Waals surface area contributed by atoms with Gasteiger partial charge in [-0.2, -0.15) is 0 Å². The third-order valence-corrected chi connectivity index (χ3v) is 2.67. The average molecular weight is 238 g/mol. The first-order valence-corrected chi connectivity index (χ1v) is 5.60. The van der Waals surface area contributed by atoms with E-state index in [-0.39, 0.29) is 23.3 Å². The van der Waals surface area contributed by atoms with Crippen LogP contribution in [0.2, 0.25) is 0 Å². The molecule has 0 aliphatic carbocycles. The summed E-state index contributed by atoms with van der Waals surface area (Å²) in [6.07, 6.45) is 0. The Hall–Kier alpha value is -1.62. The maximum atomic E-state index is 11.1. The number of anilines is 1. The highest BCUT2D eigenvalue weighted by Crippen LogP contribution is 2.32. The molecule has 0 fully saturated rings. The highest BCUT2D eigenvalue weighted by Gasteiger charge is 2.22. The second kappa shape index (κ2) is 5.63. The molecule has 0 saturated heterocycles. The molecule has 0 aliphatic rings. The Kier molecular flexibility index (Phi) is 4.45. The van der Waals surface area contributed by atoms with Crippen LogP contribution in [0.25, 0.3) is 0 Å². The van der Waals surface area contributed by atoms with Crippen LogP contribution < -0.4 is 4.90 Å². The van der Waals surface area contributed by atoms with Crippen LogP contribution in [0, 0.1) is 17.0 Å². The van der Waals surface area contributed by atoms with Gasteiger partial charge < -0.3 is 10.0 Å². The van der Waals surface area contributed by atoms with Crippen molar-refractivity contribution >= 4 is 11.4 Å². The van der Waals surface area contributed by atoms with Gasteiger partial charge in [-0.25, -0.2) is 0 Å². The van der Waals surface area contributed by atoms with Crippen LogP contribution >= 0.6 is 0 Å². The number of hydrogen-bond donors (Lipinski definition) is 1. The van der Waals surface area contributed by atoms with Crippen molar-refractivity contribution in [3.05, 3.63) is 33.9 Å². The lowest BCUT2D eigenvalue weighted by Crippen LogP contribution is -2.34. The zero-order chi connectivity index (χ0) is 13.0. The van der Waals surface area contributed by atoms with Gasteiger partial charge in [-0.15, -0.1) is 0 Å². The Morgan fingerprint density at radius 2 is 2.12 bits per heavy atom. The molecule has 1 N–H and O–H groups in total. The van der Waals surface area contributed by atoms with Gasteiger partial charge in [0.2, 0.25) is 0 Å². The average Bonchev–Trinajstić information content (AvgIpc) is 2.24. The summed E-state index contributed by atoms with van der Waals surface area (Å²) in [5.74, 6) is 0. The standard InChI is InChI=1S/C12H18N2O3/c1-9(2)13(7-8-15)11-6-4-5-10(3)12(11)14(16)17/h4-6,9,15H,7-8H2,1-3H3. The maximum absolute atomic E-state index is 11.1. The quantitative estimate of drug-likeness (QED) is 0.630. The number of aliphatic hydroxyl groups is 1. The molecule has 0 heterocycles. The Morgan fingerprint density at radius 3 is 2.59 bits per heavy atom. The SMILES string of the molecule is Cc1cccc(N(CCO)C(C)C)c1[N+](=O)[O-]. The molecule has 0 radical (unpaired) electrons. The summed E-state index contributed by atoms with van der Waals surface area (Å²) < 4.78 is 0. The minimum absolute atomic E-state index is 0.0245. The summed E-state index contributed by atoms with van der Waals surface area (Å²) in [7, 11) is 0. The highest BCUT2D eigenvalue weighted by molar-refractivity contribution is 5.67. The summed E-state index contributed by atoms with van der Waals surface area (Å²) in [6, 6.07) is 5.34. The van der Waals surface area contributed by atoms with Crippen LogP contribution in [0.1, 0.15) is 19.4 Å². The van der Waals surface area contributed by atoms with Gasteiger partial charge in [0.1, 0.15) is 5.69 Å². The number of aryl methyl sites for hydroxylation is 1. The number of nitro groups is 1. The third-order valence-electron chi connectivity index (χ3n) is 2.67. The predicted octanol–water partition coefficient (Wildman–Crippen LogP) is 2.11. The number of para-hydroxylation sites is 1. The molecule has 0 atom stereocenters. The largest absolute Gasteiger partial charge is 0.395 e. The summed E-state index contributed by atoms with van der Waals surface area (Å²) in [5.41, 5.74) is 1.32. The lowest BCUT2D eigenvalue weighted by Gasteiger charge is -2.28. The first-order valence-electron chi connectivity index (χ1n) is 5.60. The molecule has 0 amide bonds. The number of hydrogen-bond acceptors (Lipinski definition) is 4. The molecule has 0 bridgehead atoms. The fourth-order valence-corrected chi connectivity index (χ4v) is 1.88. The number of rotatable bonds is 5. The molecular weight excluding hydrogens is 220 g/mol. The van der Waals surface area contributed by atoms with Gasteiger partial charge in [0.15, 0.2) is 0 Å². The van der Waals surface area contributed by atoms with Gasteiger partial charge in [-0.05, 0) is 26.8 Å². The van der Waals surface area contributed by atoms with Gasteiger partial charge in [0.25, 0.3) is 5.69 Å². The van der Waals surface area contributed by atoms with Crippen molar-refractivity contribution in [2.75, 3.05) is 18.1 Å². The van der Waals surface area contributed by atoms with Crippen molar-refractivity contribution in [3.63, 3.8) is 0 Å². The van der Waals surface area contributed by atoms with E-state index in [0.29, 0.717) is 17.8 Å². The van der Waals surface area contributed by atoms with E-state index in [9.17, 15) is 10.1 Å². The van der Waals surface area contributed by atoms with E-state index < -0.39 is 0 Å². The Balaban J connectivity index is 3.27. The Bertz CT molecular complexity index is 405. The van der Waals surface area contributed by atoms with Crippen LogP contribution in [-0.4, -0.2) is 29.2 Å².